The van der Waals surface area contributed by atoms with Gasteiger partial charge in [-0.25, -0.2) is 0 Å². The predicted molar refractivity (Wildman–Crippen MR) is 88.9 cm³/mol. The number of nitrogens with zero attached hydrogens (tertiary/aromatic N) is 2. The highest BCUT2D eigenvalue weighted by atomic mass is 32.2. The topological polar surface area (TPSA) is 124 Å². The third-order valence-electron chi connectivity index (χ3n) is 3.24. The standard InChI is InChI=1S/C15H13N3O5S/c19-7-10-4-9-3-8(1-2-11(9)23-10)6-16-18-15-17-14(22)12(24-15)5-13(20)21/h1-4,6,12,19H,5,7H2,(H,20,21)(H,17,18,22). The lowest BCUT2D eigenvalue weighted by Crippen LogP contribution is -2.26. The van der Waals surface area contributed by atoms with E-state index in [1.165, 1.54) is 6.21 Å². The molecule has 2 heterocycles. The molecule has 1 unspecified atom stereocenters. The smallest absolute Gasteiger partial charge is 0.305 e. The molecule has 0 radical (unpaired) electrons. The molecule has 3 rings (SSSR count). The van der Waals surface area contributed by atoms with Gasteiger partial charge in [0.05, 0.1) is 12.6 Å². The lowest BCUT2D eigenvalue weighted by atomic mass is 10.2. The van der Waals surface area contributed by atoms with Crippen molar-refractivity contribution in [3.05, 3.63) is 35.6 Å². The van der Waals surface area contributed by atoms with E-state index >= 15 is 0 Å². The monoisotopic (exact) mass is 347 g/mol. The number of amides is 1. The number of furan rings is 1. The van der Waals surface area contributed by atoms with Crippen LogP contribution in [0.5, 0.6) is 0 Å². The molecule has 0 aliphatic carbocycles. The molecular formula is C15H13N3O5S. The lowest BCUT2D eigenvalue weighted by Gasteiger charge is -1.97. The van der Waals surface area contributed by atoms with Crippen LogP contribution in [0.2, 0.25) is 0 Å². The largest absolute Gasteiger partial charge is 0.481 e. The number of carboxylic acid groups (broad SMARTS) is 1. The van der Waals surface area contributed by atoms with Gasteiger partial charge in [0, 0.05) is 5.39 Å². The minimum Gasteiger partial charge on any atom is -0.481 e. The molecule has 1 saturated heterocycles. The third-order valence-corrected chi connectivity index (χ3v) is 4.31. The van der Waals surface area contributed by atoms with Crippen molar-refractivity contribution in [3.63, 3.8) is 0 Å². The van der Waals surface area contributed by atoms with Crippen molar-refractivity contribution in [3.8, 4) is 0 Å². The van der Waals surface area contributed by atoms with Crippen molar-refractivity contribution in [2.45, 2.75) is 18.3 Å². The van der Waals surface area contributed by atoms with Gasteiger partial charge in [-0.3, -0.25) is 9.59 Å². The highest BCUT2D eigenvalue weighted by molar-refractivity contribution is 8.15. The summed E-state index contributed by atoms with van der Waals surface area (Å²) in [5.41, 5.74) is 1.44. The van der Waals surface area contributed by atoms with Crippen LogP contribution in [-0.2, 0) is 16.2 Å². The summed E-state index contributed by atoms with van der Waals surface area (Å²) in [4.78, 5) is 22.2. The Labute approximate surface area is 140 Å². The van der Waals surface area contributed by atoms with Gasteiger partial charge < -0.3 is 19.9 Å². The first kappa shape index (κ1) is 16.2. The van der Waals surface area contributed by atoms with Gasteiger partial charge in [-0.2, -0.15) is 5.10 Å². The van der Waals surface area contributed by atoms with Crippen molar-refractivity contribution in [1.82, 2.24) is 5.32 Å². The first-order valence-electron chi connectivity index (χ1n) is 6.99. The number of thioether (sulfide) groups is 1. The van der Waals surface area contributed by atoms with Crippen molar-refractivity contribution < 1.29 is 24.2 Å². The summed E-state index contributed by atoms with van der Waals surface area (Å²) < 4.78 is 5.39. The summed E-state index contributed by atoms with van der Waals surface area (Å²) in [7, 11) is 0. The molecule has 1 aliphatic heterocycles. The molecular weight excluding hydrogens is 334 g/mol. The molecule has 124 valence electrons. The van der Waals surface area contributed by atoms with E-state index < -0.39 is 11.2 Å². The molecule has 24 heavy (non-hydrogen) atoms. The van der Waals surface area contributed by atoms with Gasteiger partial charge in [-0.05, 0) is 29.8 Å². The normalized spacial score (nSPS) is 19.5. The summed E-state index contributed by atoms with van der Waals surface area (Å²) in [6.07, 6.45) is 1.25. The number of amidine groups is 1. The van der Waals surface area contributed by atoms with E-state index in [9.17, 15) is 9.59 Å². The molecule has 1 aliphatic rings. The first-order chi connectivity index (χ1) is 11.5. The van der Waals surface area contributed by atoms with Gasteiger partial charge in [-0.15, -0.1) is 5.10 Å². The highest BCUT2D eigenvalue weighted by Crippen LogP contribution is 2.22. The number of aliphatic hydroxyl groups excluding tert-OH is 1. The second-order valence-electron chi connectivity index (χ2n) is 5.01. The lowest BCUT2D eigenvalue weighted by molar-refractivity contribution is -0.138. The van der Waals surface area contributed by atoms with Crippen LogP contribution in [0.3, 0.4) is 0 Å². The second-order valence-corrected chi connectivity index (χ2v) is 6.20. The molecule has 8 nitrogen and oxygen atoms in total. The number of fused-ring (bicyclic) bond motifs is 1. The van der Waals surface area contributed by atoms with Crippen LogP contribution in [-0.4, -0.2) is 38.7 Å². The molecule has 3 N–H and O–H groups in total. The Kier molecular flexibility index (Phi) is 4.63. The van der Waals surface area contributed by atoms with E-state index in [2.05, 4.69) is 15.5 Å². The number of benzene rings is 1. The quantitative estimate of drug-likeness (QED) is 0.553. The van der Waals surface area contributed by atoms with Gasteiger partial charge >= 0.3 is 5.97 Å². The number of aliphatic hydroxyl groups is 1. The Morgan fingerprint density at radius 1 is 1.42 bits per heavy atom. The van der Waals surface area contributed by atoms with Gasteiger partial charge in [0.2, 0.25) is 5.91 Å². The first-order valence-corrected chi connectivity index (χ1v) is 7.87. The van der Waals surface area contributed by atoms with E-state index in [1.807, 2.05) is 6.07 Å². The molecule has 1 atom stereocenters. The molecule has 0 spiro atoms. The number of aliphatic carboxylic acids is 1. The minimum atomic E-state index is -1.04. The van der Waals surface area contributed by atoms with Crippen molar-refractivity contribution in [1.29, 1.82) is 0 Å². The summed E-state index contributed by atoms with van der Waals surface area (Å²) in [5, 5.41) is 28.5. The summed E-state index contributed by atoms with van der Waals surface area (Å²) in [6.45, 7) is -0.166. The highest BCUT2D eigenvalue weighted by Gasteiger charge is 2.32. The maximum absolute atomic E-state index is 11.6. The molecule has 1 amide bonds. The minimum absolute atomic E-state index is 0.166. The summed E-state index contributed by atoms with van der Waals surface area (Å²) in [5.74, 6) is -0.940. The number of carbonyl (C=O) groups excluding carboxylic acids is 1. The fourth-order valence-corrected chi connectivity index (χ4v) is 3.08. The average Bonchev–Trinajstić information content (AvgIpc) is 3.10. The summed E-state index contributed by atoms with van der Waals surface area (Å²) >= 11 is 1.04. The number of hydrogen-bond acceptors (Lipinski definition) is 7. The number of carboxylic acids is 1. The number of nitrogens with one attached hydrogen (secondary N) is 1. The van der Waals surface area contributed by atoms with Crippen molar-refractivity contribution in [2.24, 2.45) is 10.2 Å². The van der Waals surface area contributed by atoms with Crippen LogP contribution in [0.1, 0.15) is 17.7 Å². The zero-order chi connectivity index (χ0) is 17.1. The Hall–Kier alpha value is -2.65. The van der Waals surface area contributed by atoms with Crippen LogP contribution in [0, 0.1) is 0 Å². The van der Waals surface area contributed by atoms with Gasteiger partial charge in [0.25, 0.3) is 0 Å². The third kappa shape index (κ3) is 3.63. The zero-order valence-electron chi connectivity index (χ0n) is 12.3. The van der Waals surface area contributed by atoms with Crippen LogP contribution in [0.15, 0.2) is 38.9 Å². The van der Waals surface area contributed by atoms with E-state index in [0.717, 1.165) is 22.7 Å². The van der Waals surface area contributed by atoms with Crippen molar-refractivity contribution >= 4 is 46.0 Å². The molecule has 1 aromatic heterocycles. The number of hydrogen-bond donors (Lipinski definition) is 3. The zero-order valence-corrected chi connectivity index (χ0v) is 13.1. The van der Waals surface area contributed by atoms with Crippen LogP contribution >= 0.6 is 11.8 Å². The Balaban J connectivity index is 1.69. The molecule has 2 aromatic rings. The number of carbonyl (C=O) groups is 2. The Bertz CT molecular complexity index is 858. The van der Waals surface area contributed by atoms with E-state index in [1.54, 1.807) is 18.2 Å². The fourth-order valence-electron chi connectivity index (χ4n) is 2.17. The van der Waals surface area contributed by atoms with Gasteiger partial charge in [0.1, 0.15) is 23.2 Å². The molecule has 9 heteroatoms. The fraction of sp³-hybridized carbons (Fsp3) is 0.200. The second kappa shape index (κ2) is 6.85. The SMILES string of the molecule is O=C(O)CC1SC(=NN=Cc2ccc3oc(CO)cc3c2)NC1=O. The van der Waals surface area contributed by atoms with Crippen LogP contribution in [0.4, 0.5) is 0 Å². The maximum atomic E-state index is 11.6. The summed E-state index contributed by atoms with van der Waals surface area (Å²) in [6, 6.07) is 7.11. The Morgan fingerprint density at radius 2 is 2.25 bits per heavy atom. The Morgan fingerprint density at radius 3 is 3.00 bits per heavy atom. The predicted octanol–water partition coefficient (Wildman–Crippen LogP) is 1.32. The average molecular weight is 347 g/mol. The van der Waals surface area contributed by atoms with E-state index in [4.69, 9.17) is 14.6 Å². The maximum Gasteiger partial charge on any atom is 0.305 e. The van der Waals surface area contributed by atoms with Gasteiger partial charge in [0.15, 0.2) is 5.17 Å². The molecule has 0 bridgehead atoms. The van der Waals surface area contributed by atoms with E-state index in [-0.39, 0.29) is 24.1 Å². The van der Waals surface area contributed by atoms with E-state index in [0.29, 0.717) is 11.3 Å². The van der Waals surface area contributed by atoms with Gasteiger partial charge in [-0.1, -0.05) is 11.8 Å². The molecule has 0 saturated carbocycles. The van der Waals surface area contributed by atoms with Crippen LogP contribution in [0.25, 0.3) is 11.0 Å². The van der Waals surface area contributed by atoms with Crippen LogP contribution < -0.4 is 5.32 Å². The van der Waals surface area contributed by atoms with Crippen molar-refractivity contribution in [2.75, 3.05) is 0 Å². The molecule has 1 fully saturated rings. The number of rotatable bonds is 5. The molecule has 1 aromatic carbocycles.